The molecule has 1 N–H and O–H groups in total. The first-order valence-electron chi connectivity index (χ1n) is 7.92. The summed E-state index contributed by atoms with van der Waals surface area (Å²) in [6.45, 7) is 10.2. The zero-order valence-corrected chi connectivity index (χ0v) is 14.4. The van der Waals surface area contributed by atoms with Gasteiger partial charge < -0.3 is 5.32 Å². The Bertz CT molecular complexity index is 847. The molecular weight excluding hydrogens is 284 g/mol. The summed E-state index contributed by atoms with van der Waals surface area (Å²) in [5.41, 5.74) is 8.73. The van der Waals surface area contributed by atoms with Gasteiger partial charge in [-0.3, -0.25) is 4.79 Å². The normalized spacial score (nSPS) is 12.8. The van der Waals surface area contributed by atoms with E-state index in [0.717, 1.165) is 22.4 Å². The van der Waals surface area contributed by atoms with Gasteiger partial charge in [0, 0.05) is 17.7 Å². The Kier molecular flexibility index (Phi) is 3.80. The summed E-state index contributed by atoms with van der Waals surface area (Å²) in [6.07, 6.45) is 2.67. The monoisotopic (exact) mass is 306 g/mol. The van der Waals surface area contributed by atoms with E-state index < -0.39 is 0 Å². The third-order valence-electron chi connectivity index (χ3n) is 4.84. The van der Waals surface area contributed by atoms with Gasteiger partial charge in [0.2, 0.25) is 0 Å². The Balaban J connectivity index is 1.86. The van der Waals surface area contributed by atoms with Crippen LogP contribution in [0, 0.1) is 34.6 Å². The van der Waals surface area contributed by atoms with E-state index in [-0.39, 0.29) is 5.91 Å². The minimum absolute atomic E-state index is 0.0582. The van der Waals surface area contributed by atoms with Crippen molar-refractivity contribution < 1.29 is 4.79 Å². The van der Waals surface area contributed by atoms with E-state index in [1.807, 2.05) is 19.9 Å². The van der Waals surface area contributed by atoms with Crippen LogP contribution < -0.4 is 5.32 Å². The van der Waals surface area contributed by atoms with E-state index in [0.29, 0.717) is 12.2 Å². The average Bonchev–Trinajstić information content (AvgIpc) is 2.93. The predicted molar refractivity (Wildman–Crippen MR) is 94.7 cm³/mol. The first-order valence-corrected chi connectivity index (χ1v) is 7.92. The maximum absolute atomic E-state index is 12.6. The summed E-state index contributed by atoms with van der Waals surface area (Å²) in [5.74, 6) is 0.612. The molecule has 0 bridgehead atoms. The number of hydrogen-bond acceptors (Lipinski definition) is 2. The molecular formula is C20H22N2O. The summed E-state index contributed by atoms with van der Waals surface area (Å²) in [7, 11) is 0. The molecule has 1 aromatic carbocycles. The summed E-state index contributed by atoms with van der Waals surface area (Å²) in [4.78, 5) is 17.2. The molecule has 0 radical (unpaired) electrons. The van der Waals surface area contributed by atoms with Crippen LogP contribution in [-0.4, -0.2) is 10.9 Å². The minimum atomic E-state index is -0.0582. The molecule has 23 heavy (non-hydrogen) atoms. The molecule has 0 saturated heterocycles. The Morgan fingerprint density at radius 3 is 2.52 bits per heavy atom. The van der Waals surface area contributed by atoms with Gasteiger partial charge in [0.05, 0.1) is 0 Å². The van der Waals surface area contributed by atoms with Crippen molar-refractivity contribution in [2.75, 3.05) is 5.32 Å². The van der Waals surface area contributed by atoms with Crippen LogP contribution in [0.4, 0.5) is 5.82 Å². The summed E-state index contributed by atoms with van der Waals surface area (Å²) in [6, 6.07) is 6.32. The lowest BCUT2D eigenvalue weighted by Crippen LogP contribution is -2.17. The Morgan fingerprint density at radius 1 is 1.04 bits per heavy atom. The maximum Gasteiger partial charge on any atom is 0.253 e. The number of hydrogen-bond donors (Lipinski definition) is 1. The lowest BCUT2D eigenvalue weighted by Gasteiger charge is -2.14. The van der Waals surface area contributed by atoms with Crippen LogP contribution in [0.2, 0.25) is 0 Å². The highest BCUT2D eigenvalue weighted by Crippen LogP contribution is 2.28. The fraction of sp³-hybridized carbons (Fsp3) is 0.300. The average molecular weight is 306 g/mol. The van der Waals surface area contributed by atoms with Crippen LogP contribution >= 0.6 is 0 Å². The molecule has 1 aromatic heterocycles. The number of benzene rings is 1. The Hall–Kier alpha value is -2.42. The molecule has 0 fully saturated rings. The number of carbonyl (C=O) groups excluding carboxylic acids is 1. The van der Waals surface area contributed by atoms with Gasteiger partial charge in [-0.15, -0.1) is 0 Å². The summed E-state index contributed by atoms with van der Waals surface area (Å²) < 4.78 is 0. The Labute approximate surface area is 137 Å². The van der Waals surface area contributed by atoms with Crippen molar-refractivity contribution in [3.05, 3.63) is 62.8 Å². The van der Waals surface area contributed by atoms with Crippen molar-refractivity contribution in [1.29, 1.82) is 0 Å². The van der Waals surface area contributed by atoms with Gasteiger partial charge in [-0.05, 0) is 68.5 Å². The van der Waals surface area contributed by atoms with E-state index in [2.05, 4.69) is 49.3 Å². The van der Waals surface area contributed by atoms with E-state index in [4.69, 9.17) is 0 Å². The second kappa shape index (κ2) is 5.65. The number of nitrogens with one attached hydrogen (secondary N) is 1. The molecule has 1 aliphatic rings. The van der Waals surface area contributed by atoms with E-state index >= 15 is 0 Å². The zero-order chi connectivity index (χ0) is 16.7. The second-order valence-electron chi connectivity index (χ2n) is 6.42. The third-order valence-corrected chi connectivity index (χ3v) is 4.84. The van der Waals surface area contributed by atoms with Crippen molar-refractivity contribution in [1.82, 2.24) is 4.98 Å². The lowest BCUT2D eigenvalue weighted by molar-refractivity contribution is -0.112. The van der Waals surface area contributed by atoms with Crippen LogP contribution in [0.5, 0.6) is 0 Å². The van der Waals surface area contributed by atoms with Crippen LogP contribution in [-0.2, 0) is 11.2 Å². The van der Waals surface area contributed by atoms with Crippen molar-refractivity contribution >= 4 is 17.8 Å². The van der Waals surface area contributed by atoms with Crippen LogP contribution in [0.15, 0.2) is 23.8 Å². The largest absolute Gasteiger partial charge is 0.307 e. The molecule has 1 aliphatic carbocycles. The summed E-state index contributed by atoms with van der Waals surface area (Å²) >= 11 is 0. The number of aryl methyl sites for hydroxylation is 2. The topological polar surface area (TPSA) is 42.0 Å². The van der Waals surface area contributed by atoms with Crippen molar-refractivity contribution in [2.45, 2.75) is 41.0 Å². The van der Waals surface area contributed by atoms with Gasteiger partial charge in [-0.25, -0.2) is 4.98 Å². The molecule has 3 nitrogen and oxygen atoms in total. The molecule has 118 valence electrons. The number of rotatable bonds is 2. The van der Waals surface area contributed by atoms with Gasteiger partial charge in [0.15, 0.2) is 0 Å². The molecule has 0 aliphatic heterocycles. The molecule has 3 rings (SSSR count). The number of pyridine rings is 1. The van der Waals surface area contributed by atoms with Gasteiger partial charge in [-0.1, -0.05) is 23.8 Å². The van der Waals surface area contributed by atoms with E-state index in [9.17, 15) is 4.79 Å². The molecule has 0 atom stereocenters. The molecule has 0 unspecified atom stereocenters. The van der Waals surface area contributed by atoms with Crippen molar-refractivity contribution in [3.8, 4) is 0 Å². The number of carbonyl (C=O) groups is 1. The summed E-state index contributed by atoms with van der Waals surface area (Å²) in [5, 5.41) is 2.99. The highest BCUT2D eigenvalue weighted by Gasteiger charge is 2.20. The number of anilines is 1. The standard InChI is InChI=1S/C20H22N2O/c1-11-6-7-16-9-18(10-17(16)8-11)20(23)22-19-14(4)12(2)13(3)15(5)21-19/h6-8,10H,9H2,1-5H3,(H,21,22,23). The maximum atomic E-state index is 12.6. The van der Waals surface area contributed by atoms with Gasteiger partial charge in [0.1, 0.15) is 5.82 Å². The first kappa shape index (κ1) is 15.5. The van der Waals surface area contributed by atoms with Crippen LogP contribution in [0.3, 0.4) is 0 Å². The van der Waals surface area contributed by atoms with Gasteiger partial charge in [0.25, 0.3) is 5.91 Å². The highest BCUT2D eigenvalue weighted by atomic mass is 16.1. The van der Waals surface area contributed by atoms with Crippen LogP contribution in [0.1, 0.15) is 39.1 Å². The van der Waals surface area contributed by atoms with Crippen LogP contribution in [0.25, 0.3) is 6.08 Å². The molecule has 3 heteroatoms. The lowest BCUT2D eigenvalue weighted by atomic mass is 10.0. The van der Waals surface area contributed by atoms with Gasteiger partial charge >= 0.3 is 0 Å². The highest BCUT2D eigenvalue weighted by molar-refractivity contribution is 6.08. The third kappa shape index (κ3) is 2.79. The number of nitrogens with zero attached hydrogens (tertiary/aromatic N) is 1. The zero-order valence-electron chi connectivity index (χ0n) is 14.4. The minimum Gasteiger partial charge on any atom is -0.307 e. The fourth-order valence-electron chi connectivity index (χ4n) is 2.97. The number of fused-ring (bicyclic) bond motifs is 1. The molecule has 2 aromatic rings. The second-order valence-corrected chi connectivity index (χ2v) is 6.42. The molecule has 1 heterocycles. The molecule has 0 saturated carbocycles. The molecule has 0 spiro atoms. The Morgan fingerprint density at radius 2 is 1.78 bits per heavy atom. The van der Waals surface area contributed by atoms with Crippen molar-refractivity contribution in [2.24, 2.45) is 0 Å². The number of amides is 1. The van der Waals surface area contributed by atoms with E-state index in [1.165, 1.54) is 22.3 Å². The van der Waals surface area contributed by atoms with Gasteiger partial charge in [-0.2, -0.15) is 0 Å². The smallest absolute Gasteiger partial charge is 0.253 e. The quantitative estimate of drug-likeness (QED) is 0.903. The first-order chi connectivity index (χ1) is 10.9. The number of aromatic nitrogens is 1. The predicted octanol–water partition coefficient (Wildman–Crippen LogP) is 4.20. The fourth-order valence-corrected chi connectivity index (χ4v) is 2.97. The van der Waals surface area contributed by atoms with E-state index in [1.54, 1.807) is 0 Å². The SMILES string of the molecule is Cc1ccc2c(c1)C=C(C(=O)Nc1nc(C)c(C)c(C)c1C)C2. The molecule has 1 amide bonds. The van der Waals surface area contributed by atoms with Crippen molar-refractivity contribution in [3.63, 3.8) is 0 Å².